The summed E-state index contributed by atoms with van der Waals surface area (Å²) < 4.78 is 4.90. The fourth-order valence-electron chi connectivity index (χ4n) is 0.884. The monoisotopic (exact) mass is 195 g/mol. The number of benzene rings is 1. The Kier molecular flexibility index (Phi) is 2.14. The van der Waals surface area contributed by atoms with Crippen LogP contribution < -0.4 is 5.32 Å². The third kappa shape index (κ3) is 1.97. The Balaban J connectivity index is 2.15. The van der Waals surface area contributed by atoms with Crippen LogP contribution in [0.3, 0.4) is 0 Å². The molecule has 4 nitrogen and oxygen atoms in total. The molecule has 1 N–H and O–H groups in total. The first-order chi connectivity index (χ1) is 6.34. The number of nitrogens with one attached hydrogen (secondary N) is 1. The molecule has 0 aliphatic rings. The van der Waals surface area contributed by atoms with Crippen LogP contribution in [0.2, 0.25) is 5.02 Å². The minimum atomic E-state index is 0.363. The van der Waals surface area contributed by atoms with Gasteiger partial charge in [-0.25, -0.2) is 0 Å². The second-order valence-electron chi connectivity index (χ2n) is 2.38. The van der Waals surface area contributed by atoms with Crippen molar-refractivity contribution in [2.24, 2.45) is 0 Å². The number of halogens is 1. The van der Waals surface area contributed by atoms with Crippen molar-refractivity contribution in [2.45, 2.75) is 0 Å². The molecule has 2 aromatic rings. The number of hydrogen-bond donors (Lipinski definition) is 1. The van der Waals surface area contributed by atoms with Gasteiger partial charge in [0.1, 0.15) is 0 Å². The summed E-state index contributed by atoms with van der Waals surface area (Å²) in [6.07, 6.45) is 1.26. The summed E-state index contributed by atoms with van der Waals surface area (Å²) >= 11 is 5.71. The smallest absolute Gasteiger partial charge is 0.319 e. The van der Waals surface area contributed by atoms with Crippen molar-refractivity contribution in [3.63, 3.8) is 0 Å². The van der Waals surface area contributed by atoms with Crippen molar-refractivity contribution in [1.29, 1.82) is 0 Å². The van der Waals surface area contributed by atoms with Gasteiger partial charge in [0.2, 0.25) is 6.39 Å². The largest absolute Gasteiger partial charge is 0.411 e. The fourth-order valence-corrected chi connectivity index (χ4v) is 1.01. The first-order valence-electron chi connectivity index (χ1n) is 3.63. The molecule has 1 aromatic heterocycles. The van der Waals surface area contributed by atoms with Crippen molar-refractivity contribution >= 4 is 23.3 Å². The molecule has 0 bridgehead atoms. The minimum absolute atomic E-state index is 0.363. The van der Waals surface area contributed by atoms with Crippen LogP contribution in [0, 0.1) is 0 Å². The van der Waals surface area contributed by atoms with Gasteiger partial charge in [-0.2, -0.15) is 0 Å². The van der Waals surface area contributed by atoms with E-state index in [2.05, 4.69) is 15.5 Å². The van der Waals surface area contributed by atoms with Crippen LogP contribution in [-0.4, -0.2) is 10.2 Å². The lowest BCUT2D eigenvalue weighted by Gasteiger charge is -1.99. The molecule has 0 radical (unpaired) electrons. The van der Waals surface area contributed by atoms with E-state index in [-0.39, 0.29) is 0 Å². The number of aromatic nitrogens is 2. The molecule has 13 heavy (non-hydrogen) atoms. The highest BCUT2D eigenvalue weighted by molar-refractivity contribution is 6.30. The quantitative estimate of drug-likeness (QED) is 0.800. The molecule has 66 valence electrons. The Bertz CT molecular complexity index is 371. The first kappa shape index (κ1) is 8.07. The third-order valence-corrected chi connectivity index (χ3v) is 1.71. The van der Waals surface area contributed by atoms with E-state index in [0.717, 1.165) is 5.69 Å². The third-order valence-electron chi connectivity index (χ3n) is 1.46. The highest BCUT2D eigenvalue weighted by Gasteiger charge is 1.97. The molecule has 1 aromatic carbocycles. The SMILES string of the molecule is Clc1ccc(Nc2nnco2)cc1. The lowest BCUT2D eigenvalue weighted by molar-refractivity contribution is 0.572. The van der Waals surface area contributed by atoms with Gasteiger partial charge in [0, 0.05) is 10.7 Å². The van der Waals surface area contributed by atoms with Crippen molar-refractivity contribution < 1.29 is 4.42 Å². The molecule has 0 atom stereocenters. The maximum atomic E-state index is 5.71. The van der Waals surface area contributed by atoms with Gasteiger partial charge in [0.05, 0.1) is 0 Å². The topological polar surface area (TPSA) is 51.0 Å². The lowest BCUT2D eigenvalue weighted by Crippen LogP contribution is -1.89. The molecule has 0 spiro atoms. The summed E-state index contributed by atoms with van der Waals surface area (Å²) in [4.78, 5) is 0. The predicted molar refractivity (Wildman–Crippen MR) is 49.0 cm³/mol. The molecule has 1 heterocycles. The molecule has 0 amide bonds. The Morgan fingerprint density at radius 1 is 1.23 bits per heavy atom. The first-order valence-corrected chi connectivity index (χ1v) is 4.01. The van der Waals surface area contributed by atoms with Crippen LogP contribution in [0.15, 0.2) is 35.1 Å². The molecule has 0 aliphatic heterocycles. The van der Waals surface area contributed by atoms with Crippen LogP contribution in [0.1, 0.15) is 0 Å². The van der Waals surface area contributed by atoms with Crippen LogP contribution in [-0.2, 0) is 0 Å². The van der Waals surface area contributed by atoms with Gasteiger partial charge in [-0.3, -0.25) is 0 Å². The Hall–Kier alpha value is -1.55. The van der Waals surface area contributed by atoms with Crippen LogP contribution in [0.25, 0.3) is 0 Å². The number of nitrogens with zero attached hydrogens (tertiary/aromatic N) is 2. The van der Waals surface area contributed by atoms with Gasteiger partial charge in [0.15, 0.2) is 0 Å². The average Bonchev–Trinajstić information content (AvgIpc) is 2.62. The molecule has 0 unspecified atom stereocenters. The van der Waals surface area contributed by atoms with Crippen molar-refractivity contribution in [3.05, 3.63) is 35.7 Å². The van der Waals surface area contributed by atoms with Gasteiger partial charge in [-0.1, -0.05) is 16.7 Å². The van der Waals surface area contributed by atoms with Gasteiger partial charge >= 0.3 is 6.01 Å². The van der Waals surface area contributed by atoms with Crippen molar-refractivity contribution in [2.75, 3.05) is 5.32 Å². The molecule has 0 saturated carbocycles. The van der Waals surface area contributed by atoms with Crippen LogP contribution >= 0.6 is 11.6 Å². The molecular weight excluding hydrogens is 190 g/mol. The molecule has 5 heteroatoms. The van der Waals surface area contributed by atoms with Gasteiger partial charge < -0.3 is 9.73 Å². The van der Waals surface area contributed by atoms with E-state index in [1.54, 1.807) is 12.1 Å². The average molecular weight is 196 g/mol. The summed E-state index contributed by atoms with van der Waals surface area (Å²) in [6, 6.07) is 7.57. The lowest BCUT2D eigenvalue weighted by atomic mass is 10.3. The summed E-state index contributed by atoms with van der Waals surface area (Å²) in [5, 5.41) is 10.8. The van der Waals surface area contributed by atoms with Crippen molar-refractivity contribution in [1.82, 2.24) is 10.2 Å². The van der Waals surface area contributed by atoms with Gasteiger partial charge in [-0.05, 0) is 24.3 Å². The Morgan fingerprint density at radius 3 is 2.62 bits per heavy atom. The highest BCUT2D eigenvalue weighted by atomic mass is 35.5. The van der Waals surface area contributed by atoms with Gasteiger partial charge in [-0.15, -0.1) is 5.10 Å². The summed E-state index contributed by atoms with van der Waals surface area (Å²) in [5.74, 6) is 0. The van der Waals surface area contributed by atoms with E-state index < -0.39 is 0 Å². The Morgan fingerprint density at radius 2 is 2.00 bits per heavy atom. The van der Waals surface area contributed by atoms with Crippen LogP contribution in [0.5, 0.6) is 0 Å². The molecule has 2 rings (SSSR count). The fraction of sp³-hybridized carbons (Fsp3) is 0. The zero-order valence-corrected chi connectivity index (χ0v) is 7.32. The van der Waals surface area contributed by atoms with Crippen molar-refractivity contribution in [3.8, 4) is 0 Å². The summed E-state index contributed by atoms with van der Waals surface area (Å²) in [7, 11) is 0. The maximum absolute atomic E-state index is 5.71. The number of rotatable bonds is 2. The standard InChI is InChI=1S/C8H6ClN3O/c9-6-1-3-7(4-2-6)11-8-12-10-5-13-8/h1-5H,(H,11,12). The second-order valence-corrected chi connectivity index (χ2v) is 2.81. The van der Waals surface area contributed by atoms with E-state index in [0.29, 0.717) is 11.0 Å². The van der Waals surface area contributed by atoms with E-state index in [9.17, 15) is 0 Å². The Labute approximate surface area is 79.5 Å². The molecule has 0 fully saturated rings. The summed E-state index contributed by atoms with van der Waals surface area (Å²) in [5.41, 5.74) is 0.855. The summed E-state index contributed by atoms with van der Waals surface area (Å²) in [6.45, 7) is 0. The molecular formula is C8H6ClN3O. The zero-order chi connectivity index (χ0) is 9.10. The second kappa shape index (κ2) is 3.45. The predicted octanol–water partition coefficient (Wildman–Crippen LogP) is 2.47. The molecule has 0 aliphatic carbocycles. The minimum Gasteiger partial charge on any atom is -0.411 e. The molecule has 0 saturated heterocycles. The highest BCUT2D eigenvalue weighted by Crippen LogP contribution is 2.16. The van der Waals surface area contributed by atoms with E-state index in [4.69, 9.17) is 16.0 Å². The van der Waals surface area contributed by atoms with Gasteiger partial charge in [0.25, 0.3) is 0 Å². The van der Waals surface area contributed by atoms with E-state index >= 15 is 0 Å². The number of anilines is 2. The maximum Gasteiger partial charge on any atom is 0.319 e. The van der Waals surface area contributed by atoms with E-state index in [1.165, 1.54) is 6.39 Å². The normalized spacial score (nSPS) is 9.92. The number of hydrogen-bond acceptors (Lipinski definition) is 4. The van der Waals surface area contributed by atoms with E-state index in [1.807, 2.05) is 12.1 Å². The van der Waals surface area contributed by atoms with Crippen LogP contribution in [0.4, 0.5) is 11.7 Å². The zero-order valence-electron chi connectivity index (χ0n) is 6.57.